The Labute approximate surface area is 211 Å². The van der Waals surface area contributed by atoms with E-state index in [0.29, 0.717) is 5.15 Å². The van der Waals surface area contributed by atoms with E-state index in [-0.39, 0.29) is 11.5 Å². The number of hydrogen-bond donors (Lipinski definition) is 1. The fraction of sp³-hybridized carbons (Fsp3) is 0.519. The number of halogens is 1. The molecule has 2 aromatic heterocycles. The van der Waals surface area contributed by atoms with Gasteiger partial charge in [-0.1, -0.05) is 35.9 Å². The van der Waals surface area contributed by atoms with E-state index in [1.165, 1.54) is 11.9 Å². The molecule has 1 amide bonds. The lowest BCUT2D eigenvalue weighted by atomic mass is 9.78. The first-order valence-electron chi connectivity index (χ1n) is 12.5. The Morgan fingerprint density at radius 1 is 1.11 bits per heavy atom. The van der Waals surface area contributed by atoms with Crippen LogP contribution in [-0.2, 0) is 11.2 Å². The second-order valence-electron chi connectivity index (χ2n) is 11.1. The number of nitrogens with one attached hydrogen (secondary N) is 1. The van der Waals surface area contributed by atoms with Gasteiger partial charge in [-0.15, -0.1) is 0 Å². The van der Waals surface area contributed by atoms with Crippen LogP contribution in [0.25, 0.3) is 22.3 Å². The minimum Gasteiger partial charge on any atom is -0.444 e. The Morgan fingerprint density at radius 3 is 2.51 bits per heavy atom. The molecule has 1 aromatic carbocycles. The van der Waals surface area contributed by atoms with Crippen LogP contribution < -0.4 is 0 Å². The van der Waals surface area contributed by atoms with Crippen molar-refractivity contribution in [2.75, 3.05) is 32.7 Å². The van der Waals surface area contributed by atoms with Crippen molar-refractivity contribution in [3.8, 4) is 11.3 Å². The summed E-state index contributed by atoms with van der Waals surface area (Å²) in [5.41, 5.74) is 4.02. The maximum Gasteiger partial charge on any atom is 0.410 e. The maximum absolute atomic E-state index is 12.5. The number of piperidine rings is 1. The van der Waals surface area contributed by atoms with Crippen LogP contribution in [-0.4, -0.2) is 69.2 Å². The zero-order chi connectivity index (χ0) is 24.6. The lowest BCUT2D eigenvalue weighted by Crippen LogP contribution is -2.43. The number of aromatic amines is 1. The van der Waals surface area contributed by atoms with Crippen molar-refractivity contribution in [2.45, 2.75) is 52.1 Å². The maximum atomic E-state index is 12.5. The number of carbonyl (C=O) groups is 1. The van der Waals surface area contributed by atoms with Gasteiger partial charge < -0.3 is 19.5 Å². The van der Waals surface area contributed by atoms with Crippen molar-refractivity contribution < 1.29 is 9.53 Å². The number of likely N-dealkylation sites (tertiary alicyclic amines) is 2. The molecule has 0 atom stereocenters. The molecule has 0 saturated carbocycles. The Hall–Kier alpha value is -2.64. The van der Waals surface area contributed by atoms with E-state index >= 15 is 0 Å². The van der Waals surface area contributed by atoms with Crippen molar-refractivity contribution in [3.63, 3.8) is 0 Å². The predicted octanol–water partition coefficient (Wildman–Crippen LogP) is 5.54. The standard InChI is InChI=1S/C27H34ClN5O2/c1-26(2,3)35-25(34)33-15-11-27(17-33)9-13-32(14-10-27)12-8-19-4-6-20(7-5-19)22-16-21-23(28)29-18-30-24(21)31-22/h4-7,16,18H,8-15,17H2,1-3H3,(H,29,30,31). The molecule has 2 saturated heterocycles. The van der Waals surface area contributed by atoms with Gasteiger partial charge in [-0.25, -0.2) is 14.8 Å². The number of rotatable bonds is 4. The Balaban J connectivity index is 1.11. The molecule has 0 aliphatic carbocycles. The van der Waals surface area contributed by atoms with Crippen LogP contribution in [0.4, 0.5) is 4.79 Å². The van der Waals surface area contributed by atoms with Crippen LogP contribution >= 0.6 is 11.6 Å². The van der Waals surface area contributed by atoms with Gasteiger partial charge in [0, 0.05) is 25.3 Å². The number of hydrogen-bond acceptors (Lipinski definition) is 5. The molecule has 2 aliphatic heterocycles. The number of benzene rings is 1. The highest BCUT2D eigenvalue weighted by molar-refractivity contribution is 6.34. The van der Waals surface area contributed by atoms with Gasteiger partial charge >= 0.3 is 6.09 Å². The van der Waals surface area contributed by atoms with E-state index < -0.39 is 5.60 Å². The third-order valence-corrected chi connectivity index (χ3v) is 7.67. The van der Waals surface area contributed by atoms with Crippen molar-refractivity contribution in [2.24, 2.45) is 5.41 Å². The highest BCUT2D eigenvalue weighted by Crippen LogP contribution is 2.40. The van der Waals surface area contributed by atoms with Gasteiger partial charge in [0.15, 0.2) is 0 Å². The first kappa shape index (κ1) is 24.1. The van der Waals surface area contributed by atoms with Gasteiger partial charge in [0.1, 0.15) is 22.7 Å². The van der Waals surface area contributed by atoms with Crippen molar-refractivity contribution in [3.05, 3.63) is 47.4 Å². The van der Waals surface area contributed by atoms with Crippen LogP contribution in [0.1, 0.15) is 45.6 Å². The minimum atomic E-state index is -0.438. The molecule has 1 N–H and O–H groups in total. The number of aromatic nitrogens is 3. The fourth-order valence-electron chi connectivity index (χ4n) is 5.28. The molecular formula is C27H34ClN5O2. The van der Waals surface area contributed by atoms with Gasteiger partial charge in [0.2, 0.25) is 0 Å². The van der Waals surface area contributed by atoms with E-state index in [9.17, 15) is 4.79 Å². The highest BCUT2D eigenvalue weighted by Gasteiger charge is 2.42. The molecule has 4 heterocycles. The van der Waals surface area contributed by atoms with E-state index in [4.69, 9.17) is 16.3 Å². The van der Waals surface area contributed by atoms with Crippen molar-refractivity contribution >= 4 is 28.7 Å². The first-order chi connectivity index (χ1) is 16.7. The normalized spacial score (nSPS) is 18.5. The molecule has 2 fully saturated rings. The summed E-state index contributed by atoms with van der Waals surface area (Å²) in [5, 5.41) is 1.31. The summed E-state index contributed by atoms with van der Waals surface area (Å²) in [4.78, 5) is 28.6. The summed E-state index contributed by atoms with van der Waals surface area (Å²) in [6, 6.07) is 10.7. The first-order valence-corrected chi connectivity index (χ1v) is 12.9. The second kappa shape index (κ2) is 9.43. The molecule has 2 aliphatic rings. The molecule has 3 aromatic rings. The van der Waals surface area contributed by atoms with Gasteiger partial charge in [0.05, 0.1) is 5.39 Å². The van der Waals surface area contributed by atoms with Crippen LogP contribution in [0.2, 0.25) is 5.15 Å². The number of amides is 1. The van der Waals surface area contributed by atoms with E-state index in [1.807, 2.05) is 31.7 Å². The van der Waals surface area contributed by atoms with Gasteiger partial charge in [-0.3, -0.25) is 0 Å². The summed E-state index contributed by atoms with van der Waals surface area (Å²) < 4.78 is 5.58. The monoisotopic (exact) mass is 495 g/mol. The van der Waals surface area contributed by atoms with Crippen LogP contribution in [0.15, 0.2) is 36.7 Å². The SMILES string of the molecule is CC(C)(C)OC(=O)N1CCC2(CCN(CCc3ccc(-c4cc5c(Cl)ncnc5[nH]4)cc3)CC2)C1. The molecule has 0 radical (unpaired) electrons. The number of ether oxygens (including phenoxy) is 1. The lowest BCUT2D eigenvalue weighted by Gasteiger charge is -2.39. The number of carbonyl (C=O) groups excluding carboxylic acids is 1. The summed E-state index contributed by atoms with van der Waals surface area (Å²) in [6.45, 7) is 10.7. The molecule has 0 bridgehead atoms. The average Bonchev–Trinajstić information content (AvgIpc) is 3.44. The largest absolute Gasteiger partial charge is 0.444 e. The Morgan fingerprint density at radius 2 is 1.83 bits per heavy atom. The smallest absolute Gasteiger partial charge is 0.410 e. The van der Waals surface area contributed by atoms with Crippen LogP contribution in [0.5, 0.6) is 0 Å². The quantitative estimate of drug-likeness (QED) is 0.481. The van der Waals surface area contributed by atoms with Crippen molar-refractivity contribution in [1.29, 1.82) is 0 Å². The molecule has 35 heavy (non-hydrogen) atoms. The van der Waals surface area contributed by atoms with E-state index in [2.05, 4.69) is 44.1 Å². The molecular weight excluding hydrogens is 462 g/mol. The van der Waals surface area contributed by atoms with Crippen LogP contribution in [0.3, 0.4) is 0 Å². The number of nitrogens with zero attached hydrogens (tertiary/aromatic N) is 4. The summed E-state index contributed by atoms with van der Waals surface area (Å²) >= 11 is 6.18. The molecule has 0 unspecified atom stereocenters. The summed E-state index contributed by atoms with van der Waals surface area (Å²) in [5.74, 6) is 0. The predicted molar refractivity (Wildman–Crippen MR) is 139 cm³/mol. The molecule has 8 heteroatoms. The Bertz CT molecular complexity index is 1190. The topological polar surface area (TPSA) is 74.3 Å². The number of H-pyrrole nitrogens is 1. The zero-order valence-electron chi connectivity index (χ0n) is 20.8. The lowest BCUT2D eigenvalue weighted by molar-refractivity contribution is 0.0247. The van der Waals surface area contributed by atoms with E-state index in [0.717, 1.165) is 80.7 Å². The Kier molecular flexibility index (Phi) is 6.49. The van der Waals surface area contributed by atoms with Gasteiger partial charge in [0.25, 0.3) is 0 Å². The fourth-order valence-corrected chi connectivity index (χ4v) is 5.47. The van der Waals surface area contributed by atoms with Gasteiger partial charge in [-0.05, 0) is 82.2 Å². The third kappa shape index (κ3) is 5.46. The second-order valence-corrected chi connectivity index (χ2v) is 11.4. The van der Waals surface area contributed by atoms with Crippen LogP contribution in [0, 0.1) is 5.41 Å². The number of fused-ring (bicyclic) bond motifs is 1. The highest BCUT2D eigenvalue weighted by atomic mass is 35.5. The summed E-state index contributed by atoms with van der Waals surface area (Å²) in [6.07, 6.45) is 5.73. The van der Waals surface area contributed by atoms with Gasteiger partial charge in [-0.2, -0.15) is 0 Å². The third-order valence-electron chi connectivity index (χ3n) is 7.37. The molecule has 5 rings (SSSR count). The zero-order valence-corrected chi connectivity index (χ0v) is 21.6. The minimum absolute atomic E-state index is 0.163. The molecule has 7 nitrogen and oxygen atoms in total. The van der Waals surface area contributed by atoms with Crippen molar-refractivity contribution in [1.82, 2.24) is 24.8 Å². The average molecular weight is 496 g/mol. The molecule has 1 spiro atoms. The van der Waals surface area contributed by atoms with E-state index in [1.54, 1.807) is 0 Å². The molecule has 186 valence electrons. The summed E-state index contributed by atoms with van der Waals surface area (Å²) in [7, 11) is 0.